The molecule has 0 radical (unpaired) electrons. The van der Waals surface area contributed by atoms with Gasteiger partial charge in [0.25, 0.3) is 0 Å². The van der Waals surface area contributed by atoms with E-state index in [2.05, 4.69) is 20.9 Å². The summed E-state index contributed by atoms with van der Waals surface area (Å²) in [7, 11) is 0. The van der Waals surface area contributed by atoms with Gasteiger partial charge < -0.3 is 4.98 Å². The van der Waals surface area contributed by atoms with Crippen molar-refractivity contribution in [3.8, 4) is 6.07 Å². The monoisotopic (exact) mass is 262 g/mol. The van der Waals surface area contributed by atoms with Gasteiger partial charge in [0.2, 0.25) is 5.43 Å². The smallest absolute Gasteiger partial charge is 0.203 e. The van der Waals surface area contributed by atoms with Gasteiger partial charge in [-0.2, -0.15) is 5.26 Å². The van der Waals surface area contributed by atoms with Crippen LogP contribution in [-0.4, -0.2) is 4.98 Å². The van der Waals surface area contributed by atoms with E-state index in [0.29, 0.717) is 15.4 Å². The number of rotatable bonds is 0. The molecule has 1 heterocycles. The highest BCUT2D eigenvalue weighted by Crippen LogP contribution is 2.16. The fourth-order valence-corrected chi connectivity index (χ4v) is 1.77. The van der Waals surface area contributed by atoms with Crippen LogP contribution < -0.4 is 5.43 Å². The van der Waals surface area contributed by atoms with Gasteiger partial charge in [-0.25, -0.2) is 0 Å². The van der Waals surface area contributed by atoms with Crippen molar-refractivity contribution in [1.82, 2.24) is 4.98 Å². The summed E-state index contributed by atoms with van der Waals surface area (Å²) in [5, 5.41) is 9.27. The molecule has 0 bridgehead atoms. The van der Waals surface area contributed by atoms with Crippen molar-refractivity contribution >= 4 is 26.8 Å². The molecule has 0 aliphatic heterocycles. The van der Waals surface area contributed by atoms with E-state index < -0.39 is 0 Å². The molecule has 1 N–H and O–H groups in total. The SMILES string of the molecule is Cc1[nH]c2ccc(C#N)cc2c(=O)c1Br. The minimum atomic E-state index is -0.0849. The summed E-state index contributed by atoms with van der Waals surface area (Å²) in [6.07, 6.45) is 0. The second kappa shape index (κ2) is 3.52. The van der Waals surface area contributed by atoms with Crippen LogP contribution in [0.2, 0.25) is 0 Å². The number of hydrogen-bond donors (Lipinski definition) is 1. The van der Waals surface area contributed by atoms with Gasteiger partial charge in [-0.1, -0.05) is 0 Å². The standard InChI is InChI=1S/C11H7BrN2O/c1-6-10(12)11(15)8-4-7(5-13)2-3-9(8)14-6/h2-4H,1H3,(H,14,15). The highest BCUT2D eigenvalue weighted by molar-refractivity contribution is 9.10. The van der Waals surface area contributed by atoms with E-state index in [9.17, 15) is 4.79 Å². The summed E-state index contributed by atoms with van der Waals surface area (Å²) in [4.78, 5) is 14.9. The van der Waals surface area contributed by atoms with Crippen molar-refractivity contribution in [3.63, 3.8) is 0 Å². The largest absolute Gasteiger partial charge is 0.357 e. The molecule has 0 spiro atoms. The summed E-state index contributed by atoms with van der Waals surface area (Å²) >= 11 is 3.22. The first-order valence-electron chi connectivity index (χ1n) is 4.35. The first kappa shape index (κ1) is 9.94. The van der Waals surface area contributed by atoms with Crippen LogP contribution >= 0.6 is 15.9 Å². The molecule has 1 aromatic heterocycles. The molecular weight excluding hydrogens is 256 g/mol. The normalized spacial score (nSPS) is 10.2. The topological polar surface area (TPSA) is 56.6 Å². The molecule has 0 unspecified atom stereocenters. The lowest BCUT2D eigenvalue weighted by atomic mass is 10.1. The van der Waals surface area contributed by atoms with Crippen LogP contribution in [0.4, 0.5) is 0 Å². The lowest BCUT2D eigenvalue weighted by molar-refractivity contribution is 1.21. The predicted octanol–water partition coefficient (Wildman–Crippen LogP) is 2.47. The Hall–Kier alpha value is -1.60. The molecule has 0 saturated heterocycles. The maximum atomic E-state index is 11.8. The second-order valence-electron chi connectivity index (χ2n) is 3.27. The first-order chi connectivity index (χ1) is 7.13. The third-order valence-corrected chi connectivity index (χ3v) is 3.20. The Morgan fingerprint density at radius 1 is 1.47 bits per heavy atom. The number of aromatic nitrogens is 1. The summed E-state index contributed by atoms with van der Waals surface area (Å²) < 4.78 is 0.519. The van der Waals surface area contributed by atoms with Crippen molar-refractivity contribution < 1.29 is 0 Å². The van der Waals surface area contributed by atoms with Crippen molar-refractivity contribution in [1.29, 1.82) is 5.26 Å². The van der Waals surface area contributed by atoms with Crippen molar-refractivity contribution in [2.45, 2.75) is 6.92 Å². The molecule has 74 valence electrons. The molecule has 0 atom stereocenters. The minimum absolute atomic E-state index is 0.0849. The lowest BCUT2D eigenvalue weighted by Gasteiger charge is -2.02. The summed E-state index contributed by atoms with van der Waals surface area (Å²) in [6, 6.07) is 7.04. The fraction of sp³-hybridized carbons (Fsp3) is 0.0909. The molecular formula is C11H7BrN2O. The van der Waals surface area contributed by atoms with Crippen LogP contribution in [0.25, 0.3) is 10.9 Å². The number of halogens is 1. The zero-order valence-corrected chi connectivity index (χ0v) is 9.55. The number of pyridine rings is 1. The Morgan fingerprint density at radius 3 is 2.87 bits per heavy atom. The minimum Gasteiger partial charge on any atom is -0.357 e. The molecule has 4 heteroatoms. The third-order valence-electron chi connectivity index (χ3n) is 2.24. The Kier molecular flexibility index (Phi) is 2.33. The predicted molar refractivity (Wildman–Crippen MR) is 61.7 cm³/mol. The summed E-state index contributed by atoms with van der Waals surface area (Å²) in [5.74, 6) is 0. The number of fused-ring (bicyclic) bond motifs is 1. The number of H-pyrrole nitrogens is 1. The molecule has 1 aromatic carbocycles. The number of benzene rings is 1. The molecule has 0 amide bonds. The molecule has 2 rings (SSSR count). The lowest BCUT2D eigenvalue weighted by Crippen LogP contribution is -2.06. The van der Waals surface area contributed by atoms with E-state index >= 15 is 0 Å². The third kappa shape index (κ3) is 1.55. The fourth-order valence-electron chi connectivity index (χ4n) is 1.46. The molecule has 2 aromatic rings. The van der Waals surface area contributed by atoms with Gasteiger partial charge in [-0.15, -0.1) is 0 Å². The van der Waals surface area contributed by atoms with Crippen LogP contribution in [-0.2, 0) is 0 Å². The van der Waals surface area contributed by atoms with Crippen LogP contribution in [0, 0.1) is 18.3 Å². The van der Waals surface area contributed by atoms with Crippen LogP contribution in [0.15, 0.2) is 27.5 Å². The summed E-state index contributed by atoms with van der Waals surface area (Å²) in [5.41, 5.74) is 1.94. The van der Waals surface area contributed by atoms with Gasteiger partial charge in [0.05, 0.1) is 16.1 Å². The molecule has 0 saturated carbocycles. The number of aryl methyl sites for hydroxylation is 1. The van der Waals surface area contributed by atoms with Gasteiger partial charge in [0.1, 0.15) is 0 Å². The Balaban J connectivity index is 2.96. The highest BCUT2D eigenvalue weighted by Gasteiger charge is 2.06. The molecule has 3 nitrogen and oxygen atoms in total. The van der Waals surface area contributed by atoms with Crippen molar-refractivity contribution in [2.24, 2.45) is 0 Å². The number of nitrogens with one attached hydrogen (secondary N) is 1. The van der Waals surface area contributed by atoms with Gasteiger partial charge in [0.15, 0.2) is 0 Å². The van der Waals surface area contributed by atoms with E-state index in [1.54, 1.807) is 18.2 Å². The highest BCUT2D eigenvalue weighted by atomic mass is 79.9. The number of hydrogen-bond acceptors (Lipinski definition) is 2. The zero-order valence-electron chi connectivity index (χ0n) is 7.97. The van der Waals surface area contributed by atoms with Gasteiger partial charge >= 0.3 is 0 Å². The zero-order chi connectivity index (χ0) is 11.0. The summed E-state index contributed by atoms with van der Waals surface area (Å²) in [6.45, 7) is 1.82. The van der Waals surface area contributed by atoms with E-state index in [1.165, 1.54) is 0 Å². The average Bonchev–Trinajstić information content (AvgIpc) is 2.26. The van der Waals surface area contributed by atoms with Gasteiger partial charge in [-0.05, 0) is 41.1 Å². The van der Waals surface area contributed by atoms with E-state index in [1.807, 2.05) is 13.0 Å². The van der Waals surface area contributed by atoms with Gasteiger partial charge in [0, 0.05) is 16.6 Å². The number of nitrogens with zero attached hydrogens (tertiary/aromatic N) is 1. The van der Waals surface area contributed by atoms with Crippen LogP contribution in [0.5, 0.6) is 0 Å². The molecule has 15 heavy (non-hydrogen) atoms. The van der Waals surface area contributed by atoms with Crippen LogP contribution in [0.1, 0.15) is 11.3 Å². The Labute approximate surface area is 94.5 Å². The van der Waals surface area contributed by atoms with Crippen molar-refractivity contribution in [3.05, 3.63) is 44.2 Å². The van der Waals surface area contributed by atoms with Crippen molar-refractivity contribution in [2.75, 3.05) is 0 Å². The average molecular weight is 263 g/mol. The van der Waals surface area contributed by atoms with E-state index in [0.717, 1.165) is 11.2 Å². The maximum Gasteiger partial charge on any atom is 0.203 e. The Morgan fingerprint density at radius 2 is 2.20 bits per heavy atom. The molecule has 0 aliphatic carbocycles. The first-order valence-corrected chi connectivity index (χ1v) is 5.15. The maximum absolute atomic E-state index is 11.8. The molecule has 0 fully saturated rings. The molecule has 0 aliphatic rings. The second-order valence-corrected chi connectivity index (χ2v) is 4.06. The van der Waals surface area contributed by atoms with E-state index in [-0.39, 0.29) is 5.43 Å². The van der Waals surface area contributed by atoms with E-state index in [4.69, 9.17) is 5.26 Å². The Bertz CT molecular complexity index is 637. The number of aromatic amines is 1. The van der Waals surface area contributed by atoms with Crippen LogP contribution in [0.3, 0.4) is 0 Å². The quantitative estimate of drug-likeness (QED) is 0.793. The van der Waals surface area contributed by atoms with Gasteiger partial charge in [-0.3, -0.25) is 4.79 Å². The number of nitriles is 1.